The fourth-order valence-corrected chi connectivity index (χ4v) is 3.37. The molecular weight excluding hydrogens is 487 g/mol. The van der Waals surface area contributed by atoms with Crippen molar-refractivity contribution in [2.45, 2.75) is 6.11 Å². The van der Waals surface area contributed by atoms with E-state index in [-0.39, 0.29) is 17.7 Å². The Kier molecular flexibility index (Phi) is 6.23. The Labute approximate surface area is 192 Å². The Balaban J connectivity index is 1.67. The van der Waals surface area contributed by atoms with Gasteiger partial charge in [0.05, 0.1) is 0 Å². The minimum Gasteiger partial charge on any atom is -0.429 e. The molecule has 0 N–H and O–H groups in total. The molecule has 0 unspecified atom stereocenters. The van der Waals surface area contributed by atoms with Gasteiger partial charge < -0.3 is 4.74 Å². The van der Waals surface area contributed by atoms with Crippen LogP contribution in [0.25, 0.3) is 22.3 Å². The van der Waals surface area contributed by atoms with Gasteiger partial charge in [0.2, 0.25) is 0 Å². The third kappa shape index (κ3) is 4.82. The first-order valence-electron chi connectivity index (χ1n) is 9.73. The summed E-state index contributed by atoms with van der Waals surface area (Å²) in [4.78, 5) is 0. The van der Waals surface area contributed by atoms with E-state index in [2.05, 4.69) is 4.74 Å². The van der Waals surface area contributed by atoms with Gasteiger partial charge in [0.15, 0.2) is 17.5 Å². The van der Waals surface area contributed by atoms with Crippen molar-refractivity contribution in [1.29, 1.82) is 0 Å². The Morgan fingerprint density at radius 1 is 0.514 bits per heavy atom. The number of rotatable bonds is 5. The fraction of sp³-hybridized carbons (Fsp3) is 0.0400. The highest BCUT2D eigenvalue weighted by atomic mass is 19.3. The molecule has 35 heavy (non-hydrogen) atoms. The summed E-state index contributed by atoms with van der Waals surface area (Å²) in [5.41, 5.74) is -1.89. The Hall–Kier alpha value is -3.95. The number of hydrogen-bond acceptors (Lipinski definition) is 1. The molecule has 0 bridgehead atoms. The Morgan fingerprint density at radius 3 is 1.57 bits per heavy atom. The third-order valence-electron chi connectivity index (χ3n) is 4.99. The van der Waals surface area contributed by atoms with Gasteiger partial charge in [0, 0.05) is 17.7 Å². The summed E-state index contributed by atoms with van der Waals surface area (Å²) in [6, 6.07) is 9.64. The molecule has 0 spiro atoms. The van der Waals surface area contributed by atoms with E-state index in [0.29, 0.717) is 23.3 Å². The highest BCUT2D eigenvalue weighted by Gasteiger charge is 2.41. The second-order valence-corrected chi connectivity index (χ2v) is 7.34. The molecule has 1 nitrogen and oxygen atoms in total. The third-order valence-corrected chi connectivity index (χ3v) is 4.99. The predicted molar refractivity (Wildman–Crippen MR) is 108 cm³/mol. The highest BCUT2D eigenvalue weighted by molar-refractivity contribution is 5.71. The number of alkyl halides is 2. The molecule has 0 aliphatic rings. The minimum atomic E-state index is -4.77. The van der Waals surface area contributed by atoms with Crippen LogP contribution in [-0.2, 0) is 6.11 Å². The van der Waals surface area contributed by atoms with E-state index in [9.17, 15) is 39.5 Å². The van der Waals surface area contributed by atoms with Crippen molar-refractivity contribution in [2.24, 2.45) is 0 Å². The van der Waals surface area contributed by atoms with Gasteiger partial charge in [0.1, 0.15) is 34.6 Å². The molecule has 0 fully saturated rings. The molecule has 180 valence electrons. The van der Waals surface area contributed by atoms with E-state index in [4.69, 9.17) is 0 Å². The fourth-order valence-electron chi connectivity index (χ4n) is 3.37. The molecule has 0 aliphatic carbocycles. The molecule has 0 amide bonds. The summed E-state index contributed by atoms with van der Waals surface area (Å²) in [6.45, 7) is 0. The molecule has 10 heteroatoms. The van der Waals surface area contributed by atoms with E-state index in [1.54, 1.807) is 0 Å². The average molecular weight is 498 g/mol. The Morgan fingerprint density at radius 2 is 1.03 bits per heavy atom. The lowest BCUT2D eigenvalue weighted by Gasteiger charge is -2.20. The number of benzene rings is 4. The van der Waals surface area contributed by atoms with E-state index >= 15 is 0 Å². The first-order valence-corrected chi connectivity index (χ1v) is 9.73. The van der Waals surface area contributed by atoms with Crippen LogP contribution in [0.15, 0.2) is 66.7 Å². The van der Waals surface area contributed by atoms with Crippen molar-refractivity contribution in [3.05, 3.63) is 113 Å². The zero-order chi connectivity index (χ0) is 25.5. The lowest BCUT2D eigenvalue weighted by atomic mass is 9.98. The van der Waals surface area contributed by atoms with E-state index in [1.807, 2.05) is 0 Å². The predicted octanol–water partition coefficient (Wildman–Crippen LogP) is 8.12. The molecule has 0 heterocycles. The average Bonchev–Trinajstić information content (AvgIpc) is 2.76. The van der Waals surface area contributed by atoms with Crippen LogP contribution in [0.3, 0.4) is 0 Å². The van der Waals surface area contributed by atoms with Gasteiger partial charge in [0.25, 0.3) is 0 Å². The van der Waals surface area contributed by atoms with Crippen LogP contribution in [0, 0.1) is 40.7 Å². The molecule has 0 aliphatic heterocycles. The topological polar surface area (TPSA) is 9.23 Å². The quantitative estimate of drug-likeness (QED) is 0.200. The first kappa shape index (κ1) is 24.2. The molecule has 0 radical (unpaired) electrons. The zero-order valence-electron chi connectivity index (χ0n) is 17.2. The van der Waals surface area contributed by atoms with Gasteiger partial charge in [-0.2, -0.15) is 8.78 Å². The van der Waals surface area contributed by atoms with Gasteiger partial charge in [-0.25, -0.2) is 30.7 Å². The molecule has 0 saturated heterocycles. The van der Waals surface area contributed by atoms with Crippen molar-refractivity contribution in [1.82, 2.24) is 0 Å². The van der Waals surface area contributed by atoms with Gasteiger partial charge in [-0.3, -0.25) is 0 Å². The van der Waals surface area contributed by atoms with Crippen molar-refractivity contribution in [3.8, 4) is 28.0 Å². The summed E-state index contributed by atoms with van der Waals surface area (Å²) in [7, 11) is 0. The standard InChI is InChI=1S/C25H11F9O/c26-15-4-1-12(2-5-15)13-3-6-17(18(27)7-13)14-8-19(28)23(20(29)9-14)25(33,34)35-16-10-21(30)24(32)22(31)11-16/h1-11H. The number of hydrogen-bond donors (Lipinski definition) is 0. The summed E-state index contributed by atoms with van der Waals surface area (Å²) in [5, 5.41) is 0. The van der Waals surface area contributed by atoms with Crippen LogP contribution in [0.5, 0.6) is 5.75 Å². The molecule has 0 saturated carbocycles. The maximum atomic E-state index is 14.7. The molecule has 4 rings (SSSR count). The molecular formula is C25H11F9O. The van der Waals surface area contributed by atoms with Gasteiger partial charge in [-0.1, -0.05) is 24.3 Å². The highest BCUT2D eigenvalue weighted by Crippen LogP contribution is 2.38. The molecule has 4 aromatic carbocycles. The van der Waals surface area contributed by atoms with Crippen molar-refractivity contribution in [2.75, 3.05) is 0 Å². The second-order valence-electron chi connectivity index (χ2n) is 7.34. The zero-order valence-corrected chi connectivity index (χ0v) is 17.2. The molecule has 4 aromatic rings. The van der Waals surface area contributed by atoms with Gasteiger partial charge in [-0.05, 0) is 47.0 Å². The lowest BCUT2D eigenvalue weighted by Crippen LogP contribution is -2.25. The Bertz CT molecular complexity index is 1370. The van der Waals surface area contributed by atoms with Crippen molar-refractivity contribution >= 4 is 0 Å². The summed E-state index contributed by atoms with van der Waals surface area (Å²) >= 11 is 0. The number of ether oxygens (including phenoxy) is 1. The van der Waals surface area contributed by atoms with Crippen LogP contribution in [0.4, 0.5) is 39.5 Å². The summed E-state index contributed by atoms with van der Waals surface area (Å²) in [6.07, 6.45) is -4.77. The van der Waals surface area contributed by atoms with E-state index in [1.165, 1.54) is 18.2 Å². The van der Waals surface area contributed by atoms with Crippen LogP contribution >= 0.6 is 0 Å². The first-order chi connectivity index (χ1) is 16.5. The second kappa shape index (κ2) is 9.01. The number of halogens is 9. The normalized spacial score (nSPS) is 11.6. The summed E-state index contributed by atoms with van der Waals surface area (Å²) < 4.78 is 129. The molecule has 0 atom stereocenters. The minimum absolute atomic E-state index is 0.0779. The maximum absolute atomic E-state index is 14.7. The van der Waals surface area contributed by atoms with E-state index < -0.39 is 63.7 Å². The van der Waals surface area contributed by atoms with Crippen LogP contribution < -0.4 is 4.74 Å². The van der Waals surface area contributed by atoms with Crippen LogP contribution in [-0.4, -0.2) is 0 Å². The van der Waals surface area contributed by atoms with Gasteiger partial charge >= 0.3 is 6.11 Å². The smallest absolute Gasteiger partial charge is 0.429 e. The summed E-state index contributed by atoms with van der Waals surface area (Å²) in [5.74, 6) is -12.0. The maximum Gasteiger partial charge on any atom is 0.432 e. The SMILES string of the molecule is Fc1ccc(-c2ccc(-c3cc(F)c(C(F)(F)Oc4cc(F)c(F)c(F)c4)c(F)c3)c(F)c2)cc1. The van der Waals surface area contributed by atoms with E-state index in [0.717, 1.165) is 24.3 Å². The van der Waals surface area contributed by atoms with Crippen molar-refractivity contribution in [3.63, 3.8) is 0 Å². The van der Waals surface area contributed by atoms with Crippen LogP contribution in [0.2, 0.25) is 0 Å². The van der Waals surface area contributed by atoms with Crippen LogP contribution in [0.1, 0.15) is 5.56 Å². The molecule has 0 aromatic heterocycles. The lowest BCUT2D eigenvalue weighted by molar-refractivity contribution is -0.189. The monoisotopic (exact) mass is 498 g/mol. The largest absolute Gasteiger partial charge is 0.432 e. The van der Waals surface area contributed by atoms with Gasteiger partial charge in [-0.15, -0.1) is 0 Å². The van der Waals surface area contributed by atoms with Crippen molar-refractivity contribution < 1.29 is 44.3 Å².